The fourth-order valence-electron chi connectivity index (χ4n) is 1.17. The molecule has 0 aliphatic rings. The Labute approximate surface area is 74.5 Å². The predicted molar refractivity (Wildman–Crippen MR) is 50.5 cm³/mol. The monoisotopic (exact) mass is 170 g/mol. The number of fused-ring (bicyclic) bond motifs is 1. The molecule has 4 heteroatoms. The first-order valence-electron chi connectivity index (χ1n) is 3.80. The number of aromatic nitrogens is 1. The van der Waals surface area contributed by atoms with E-state index in [1.807, 2.05) is 24.3 Å². The second kappa shape index (κ2) is 3.13. The molecule has 0 unspecified atom stereocenters. The molecule has 0 N–H and O–H groups in total. The maximum absolute atomic E-state index is 8.21. The smallest absolute Gasteiger partial charge is 0.127 e. The van der Waals surface area contributed by atoms with Gasteiger partial charge in [-0.15, -0.1) is 0 Å². The molecule has 0 radical (unpaired) electrons. The van der Waals surface area contributed by atoms with Crippen LogP contribution in [0.25, 0.3) is 21.2 Å². The Morgan fingerprint density at radius 2 is 2.00 bits per heavy atom. The van der Waals surface area contributed by atoms with Gasteiger partial charge in [0, 0.05) is 16.5 Å². The minimum atomic E-state index is 0.404. The van der Waals surface area contributed by atoms with Crippen LogP contribution in [0.4, 0.5) is 5.82 Å². The van der Waals surface area contributed by atoms with Gasteiger partial charge in [0.2, 0.25) is 0 Å². The molecule has 0 saturated heterocycles. The molecule has 0 spiro atoms. The molecule has 0 fully saturated rings. The summed E-state index contributed by atoms with van der Waals surface area (Å²) < 4.78 is 0. The number of nitrogens with zero attached hydrogens (tertiary/aromatic N) is 4. The summed E-state index contributed by atoms with van der Waals surface area (Å²) in [6.07, 6.45) is 1.69. The lowest BCUT2D eigenvalue weighted by Gasteiger charge is -1.96. The van der Waals surface area contributed by atoms with Crippen molar-refractivity contribution in [2.45, 2.75) is 0 Å². The van der Waals surface area contributed by atoms with Crippen LogP contribution in [0.1, 0.15) is 0 Å². The summed E-state index contributed by atoms with van der Waals surface area (Å²) in [5.74, 6) is 0.404. The Morgan fingerprint density at radius 3 is 2.77 bits per heavy atom. The molecule has 0 atom stereocenters. The highest BCUT2D eigenvalue weighted by atomic mass is 15.2. The predicted octanol–water partition coefficient (Wildman–Crippen LogP) is 3.18. The van der Waals surface area contributed by atoms with Gasteiger partial charge < -0.3 is 0 Å². The van der Waals surface area contributed by atoms with Crippen molar-refractivity contribution in [2.24, 2.45) is 5.11 Å². The summed E-state index contributed by atoms with van der Waals surface area (Å²) in [7, 11) is 0. The van der Waals surface area contributed by atoms with Crippen molar-refractivity contribution in [2.75, 3.05) is 0 Å². The lowest BCUT2D eigenvalue weighted by Crippen LogP contribution is -1.74. The summed E-state index contributed by atoms with van der Waals surface area (Å²) >= 11 is 0. The number of benzene rings is 1. The minimum absolute atomic E-state index is 0.404. The third-order valence-electron chi connectivity index (χ3n) is 1.76. The van der Waals surface area contributed by atoms with E-state index in [0.717, 1.165) is 10.8 Å². The second-order valence-corrected chi connectivity index (χ2v) is 2.58. The van der Waals surface area contributed by atoms with Gasteiger partial charge in [-0.3, -0.25) is 4.98 Å². The van der Waals surface area contributed by atoms with Gasteiger partial charge in [-0.25, -0.2) is 0 Å². The lowest BCUT2D eigenvalue weighted by atomic mass is 10.2. The van der Waals surface area contributed by atoms with Crippen LogP contribution in [0.2, 0.25) is 0 Å². The zero-order valence-electron chi connectivity index (χ0n) is 6.75. The average molecular weight is 170 g/mol. The van der Waals surface area contributed by atoms with E-state index in [2.05, 4.69) is 15.0 Å². The Hall–Kier alpha value is -2.06. The van der Waals surface area contributed by atoms with Gasteiger partial charge in [-0.05, 0) is 22.1 Å². The Balaban J connectivity index is 2.68. The van der Waals surface area contributed by atoms with Crippen molar-refractivity contribution in [1.82, 2.24) is 4.98 Å². The van der Waals surface area contributed by atoms with E-state index in [0.29, 0.717) is 5.82 Å². The molecule has 0 bridgehead atoms. The third kappa shape index (κ3) is 1.43. The topological polar surface area (TPSA) is 61.7 Å². The van der Waals surface area contributed by atoms with Gasteiger partial charge in [0.25, 0.3) is 0 Å². The first-order valence-corrected chi connectivity index (χ1v) is 3.80. The quantitative estimate of drug-likeness (QED) is 0.368. The standard InChI is InChI=1S/C9H6N4/c10-13-12-9-5-7-3-1-2-4-8(7)6-11-9/h1-6H. The molecule has 4 nitrogen and oxygen atoms in total. The third-order valence-corrected chi connectivity index (χ3v) is 1.76. The molecule has 0 amide bonds. The average Bonchev–Trinajstić information content (AvgIpc) is 2.18. The van der Waals surface area contributed by atoms with Crippen LogP contribution in [0.5, 0.6) is 0 Å². The Morgan fingerprint density at radius 1 is 1.23 bits per heavy atom. The van der Waals surface area contributed by atoms with Gasteiger partial charge >= 0.3 is 0 Å². The van der Waals surface area contributed by atoms with E-state index >= 15 is 0 Å². The Bertz CT molecular complexity index is 486. The summed E-state index contributed by atoms with van der Waals surface area (Å²) in [4.78, 5) is 6.65. The fraction of sp³-hybridized carbons (Fsp3) is 0. The zero-order chi connectivity index (χ0) is 9.10. The van der Waals surface area contributed by atoms with E-state index in [4.69, 9.17) is 5.53 Å². The fourth-order valence-corrected chi connectivity index (χ4v) is 1.17. The van der Waals surface area contributed by atoms with Crippen LogP contribution in [-0.2, 0) is 0 Å². The molecular formula is C9H6N4. The van der Waals surface area contributed by atoms with Crippen LogP contribution in [0, 0.1) is 0 Å². The maximum atomic E-state index is 8.21. The van der Waals surface area contributed by atoms with Crippen molar-refractivity contribution in [3.05, 3.63) is 47.0 Å². The molecule has 1 aromatic carbocycles. The number of azide groups is 1. The zero-order valence-corrected chi connectivity index (χ0v) is 6.75. The highest BCUT2D eigenvalue weighted by Crippen LogP contribution is 2.17. The second-order valence-electron chi connectivity index (χ2n) is 2.58. The molecule has 1 heterocycles. The molecule has 0 aliphatic carbocycles. The van der Waals surface area contributed by atoms with Gasteiger partial charge in [0.1, 0.15) is 5.82 Å². The normalized spacial score (nSPS) is 9.54. The first-order chi connectivity index (χ1) is 6.40. The molecule has 0 aliphatic heterocycles. The molecule has 2 rings (SSSR count). The van der Waals surface area contributed by atoms with Crippen molar-refractivity contribution >= 4 is 16.6 Å². The van der Waals surface area contributed by atoms with Crippen LogP contribution >= 0.6 is 0 Å². The van der Waals surface area contributed by atoms with E-state index in [1.54, 1.807) is 12.3 Å². The highest BCUT2D eigenvalue weighted by molar-refractivity contribution is 5.83. The van der Waals surface area contributed by atoms with Gasteiger partial charge in [-0.1, -0.05) is 24.3 Å². The lowest BCUT2D eigenvalue weighted by molar-refractivity contribution is 1.28. The van der Waals surface area contributed by atoms with Crippen molar-refractivity contribution in [1.29, 1.82) is 0 Å². The number of hydrogen-bond donors (Lipinski definition) is 0. The van der Waals surface area contributed by atoms with Crippen LogP contribution < -0.4 is 0 Å². The van der Waals surface area contributed by atoms with Crippen molar-refractivity contribution in [3.8, 4) is 0 Å². The molecular weight excluding hydrogens is 164 g/mol. The maximum Gasteiger partial charge on any atom is 0.127 e. The van der Waals surface area contributed by atoms with E-state index in [1.165, 1.54) is 0 Å². The van der Waals surface area contributed by atoms with E-state index in [9.17, 15) is 0 Å². The summed E-state index contributed by atoms with van der Waals surface area (Å²) in [5.41, 5.74) is 8.21. The van der Waals surface area contributed by atoms with Crippen molar-refractivity contribution in [3.63, 3.8) is 0 Å². The number of rotatable bonds is 1. The van der Waals surface area contributed by atoms with Crippen LogP contribution in [0.15, 0.2) is 41.6 Å². The molecule has 0 saturated carbocycles. The summed E-state index contributed by atoms with van der Waals surface area (Å²) in [5, 5.41) is 5.50. The summed E-state index contributed by atoms with van der Waals surface area (Å²) in [6, 6.07) is 9.55. The van der Waals surface area contributed by atoms with Gasteiger partial charge in [0.15, 0.2) is 0 Å². The minimum Gasteiger partial charge on any atom is -0.254 e. The van der Waals surface area contributed by atoms with E-state index in [-0.39, 0.29) is 0 Å². The van der Waals surface area contributed by atoms with Gasteiger partial charge in [0.05, 0.1) is 0 Å². The van der Waals surface area contributed by atoms with Gasteiger partial charge in [-0.2, -0.15) is 0 Å². The number of pyridine rings is 1. The molecule has 2 aromatic rings. The highest BCUT2D eigenvalue weighted by Gasteiger charge is 1.93. The van der Waals surface area contributed by atoms with Crippen LogP contribution in [0.3, 0.4) is 0 Å². The van der Waals surface area contributed by atoms with Crippen LogP contribution in [-0.4, -0.2) is 4.98 Å². The Kier molecular flexibility index (Phi) is 1.82. The molecule has 13 heavy (non-hydrogen) atoms. The summed E-state index contributed by atoms with van der Waals surface area (Å²) in [6.45, 7) is 0. The van der Waals surface area contributed by atoms with E-state index < -0.39 is 0 Å². The first kappa shape index (κ1) is 7.58. The largest absolute Gasteiger partial charge is 0.254 e. The SMILES string of the molecule is [N-]=[N+]=Nc1cc2ccccc2cn1. The molecule has 1 aromatic heterocycles. The van der Waals surface area contributed by atoms with Crippen molar-refractivity contribution < 1.29 is 0 Å². The number of hydrogen-bond acceptors (Lipinski definition) is 2. The molecule has 62 valence electrons.